The molecule has 1 heterocycles. The van der Waals surface area contributed by atoms with Crippen LogP contribution in [-0.4, -0.2) is 23.7 Å². The maximum Gasteiger partial charge on any atom is 0.144 e. The van der Waals surface area contributed by atoms with E-state index in [0.717, 1.165) is 35.4 Å². The van der Waals surface area contributed by atoms with Crippen LogP contribution < -0.4 is 0 Å². The molecule has 1 aromatic heterocycles. The summed E-state index contributed by atoms with van der Waals surface area (Å²) >= 11 is 8.47. The Morgan fingerprint density at radius 2 is 2.29 bits per heavy atom. The van der Waals surface area contributed by atoms with E-state index in [1.807, 2.05) is 6.92 Å². The van der Waals surface area contributed by atoms with Crippen LogP contribution in [0, 0.1) is 11.6 Å². The molecule has 0 radical (unpaired) electrons. The van der Waals surface area contributed by atoms with Gasteiger partial charge in [0.1, 0.15) is 10.5 Å². The van der Waals surface area contributed by atoms with Crippen LogP contribution in [0.4, 0.5) is 0 Å². The number of H-pyrrole nitrogens is 1. The van der Waals surface area contributed by atoms with Crippen molar-refractivity contribution < 1.29 is 4.74 Å². The lowest BCUT2D eigenvalue weighted by Crippen LogP contribution is -2.01. The smallest absolute Gasteiger partial charge is 0.144 e. The first-order valence-corrected chi connectivity index (χ1v) is 5.59. The van der Waals surface area contributed by atoms with E-state index in [1.54, 1.807) is 7.11 Å². The second-order valence-electron chi connectivity index (χ2n) is 3.02. The summed E-state index contributed by atoms with van der Waals surface area (Å²) < 4.78 is 6.47. The number of halogens is 1. The van der Waals surface area contributed by atoms with Gasteiger partial charge in [-0.3, -0.25) is 0 Å². The highest BCUT2D eigenvalue weighted by Gasteiger charge is 2.01. The minimum Gasteiger partial charge on any atom is -0.385 e. The molecule has 0 saturated heterocycles. The zero-order chi connectivity index (χ0) is 10.6. The number of rotatable bonds is 4. The molecule has 0 aliphatic carbocycles. The lowest BCUT2D eigenvalue weighted by Gasteiger charge is -2.04. The molecular formula is C9H13BrN2OS. The number of methoxy groups -OCH3 is 1. The van der Waals surface area contributed by atoms with Crippen LogP contribution in [0.1, 0.15) is 17.9 Å². The van der Waals surface area contributed by atoms with Crippen molar-refractivity contribution in [3.8, 4) is 0 Å². The SMILES string of the molecule is COCCCc1nc(=S)c(Br)c(C)[nH]1. The number of aryl methyl sites for hydroxylation is 2. The Hall–Kier alpha value is -0.260. The van der Waals surface area contributed by atoms with Crippen molar-refractivity contribution >= 4 is 28.1 Å². The number of nitrogens with zero attached hydrogens (tertiary/aromatic N) is 1. The first-order chi connectivity index (χ1) is 6.65. The summed E-state index contributed by atoms with van der Waals surface area (Å²) in [4.78, 5) is 7.46. The first-order valence-electron chi connectivity index (χ1n) is 4.39. The lowest BCUT2D eigenvalue weighted by atomic mass is 10.3. The van der Waals surface area contributed by atoms with E-state index in [4.69, 9.17) is 17.0 Å². The van der Waals surface area contributed by atoms with Gasteiger partial charge < -0.3 is 9.72 Å². The normalized spacial score (nSPS) is 10.5. The number of aromatic amines is 1. The molecule has 5 heteroatoms. The van der Waals surface area contributed by atoms with Crippen molar-refractivity contribution in [3.63, 3.8) is 0 Å². The Kier molecular flexibility index (Phi) is 4.71. The molecule has 0 aromatic carbocycles. The maximum absolute atomic E-state index is 5.10. The summed E-state index contributed by atoms with van der Waals surface area (Å²) in [6.07, 6.45) is 1.82. The van der Waals surface area contributed by atoms with E-state index in [9.17, 15) is 0 Å². The highest BCUT2D eigenvalue weighted by Crippen LogP contribution is 2.14. The Balaban J connectivity index is 2.75. The van der Waals surface area contributed by atoms with Crippen LogP contribution in [0.5, 0.6) is 0 Å². The fraction of sp³-hybridized carbons (Fsp3) is 0.556. The third kappa shape index (κ3) is 3.15. The van der Waals surface area contributed by atoms with Gasteiger partial charge in [0.25, 0.3) is 0 Å². The second-order valence-corrected chi connectivity index (χ2v) is 4.20. The summed E-state index contributed by atoms with van der Waals surface area (Å²) in [6.45, 7) is 2.72. The van der Waals surface area contributed by atoms with E-state index < -0.39 is 0 Å². The number of aromatic nitrogens is 2. The van der Waals surface area contributed by atoms with Crippen molar-refractivity contribution in [3.05, 3.63) is 20.6 Å². The Morgan fingerprint density at radius 1 is 1.57 bits per heavy atom. The van der Waals surface area contributed by atoms with Gasteiger partial charge in [0.2, 0.25) is 0 Å². The van der Waals surface area contributed by atoms with E-state index >= 15 is 0 Å². The second kappa shape index (κ2) is 5.58. The van der Waals surface area contributed by atoms with Gasteiger partial charge in [-0.15, -0.1) is 0 Å². The molecule has 1 N–H and O–H groups in total. The molecule has 0 atom stereocenters. The molecule has 0 spiro atoms. The predicted octanol–water partition coefficient (Wildman–Crippen LogP) is 2.79. The van der Waals surface area contributed by atoms with Crippen molar-refractivity contribution in [1.82, 2.24) is 9.97 Å². The Labute approximate surface area is 97.0 Å². The van der Waals surface area contributed by atoms with Crippen molar-refractivity contribution in [2.45, 2.75) is 19.8 Å². The van der Waals surface area contributed by atoms with Gasteiger partial charge in [0.05, 0.1) is 4.47 Å². The van der Waals surface area contributed by atoms with Crippen molar-refractivity contribution in [2.75, 3.05) is 13.7 Å². The summed E-state index contributed by atoms with van der Waals surface area (Å²) in [7, 11) is 1.70. The zero-order valence-corrected chi connectivity index (χ0v) is 10.7. The van der Waals surface area contributed by atoms with E-state index in [1.165, 1.54) is 0 Å². The molecule has 78 valence electrons. The summed E-state index contributed by atoms with van der Waals surface area (Å²) in [5.41, 5.74) is 1.03. The summed E-state index contributed by atoms with van der Waals surface area (Å²) in [5.74, 6) is 0.924. The monoisotopic (exact) mass is 276 g/mol. The van der Waals surface area contributed by atoms with Gasteiger partial charge in [-0.1, -0.05) is 12.2 Å². The maximum atomic E-state index is 5.10. The summed E-state index contributed by atoms with van der Waals surface area (Å²) in [6, 6.07) is 0. The van der Waals surface area contributed by atoms with Gasteiger partial charge in [0.15, 0.2) is 0 Å². The summed E-state index contributed by atoms with van der Waals surface area (Å²) in [5, 5.41) is 0. The molecule has 1 rings (SSSR count). The molecule has 0 aliphatic rings. The fourth-order valence-electron chi connectivity index (χ4n) is 1.13. The molecule has 0 fully saturated rings. The first kappa shape index (κ1) is 11.8. The third-order valence-corrected chi connectivity index (χ3v) is 3.38. The minimum absolute atomic E-state index is 0.619. The van der Waals surface area contributed by atoms with Crippen LogP contribution in [0.15, 0.2) is 4.47 Å². The van der Waals surface area contributed by atoms with Crippen LogP contribution in [0.3, 0.4) is 0 Å². The number of hydrogen-bond acceptors (Lipinski definition) is 3. The standard InChI is InChI=1S/C9H13BrN2OS/c1-6-8(10)9(14)12-7(11-6)4-3-5-13-2/h3-5H2,1-2H3,(H,11,12,14). The third-order valence-electron chi connectivity index (χ3n) is 1.85. The highest BCUT2D eigenvalue weighted by atomic mass is 79.9. The quantitative estimate of drug-likeness (QED) is 0.679. The molecule has 0 unspecified atom stereocenters. The van der Waals surface area contributed by atoms with Gasteiger partial charge in [-0.2, -0.15) is 0 Å². The molecule has 14 heavy (non-hydrogen) atoms. The number of ether oxygens (including phenoxy) is 1. The average molecular weight is 277 g/mol. The number of nitrogens with one attached hydrogen (secondary N) is 1. The van der Waals surface area contributed by atoms with E-state index in [0.29, 0.717) is 4.64 Å². The fourth-order valence-corrected chi connectivity index (χ4v) is 1.58. The van der Waals surface area contributed by atoms with E-state index in [-0.39, 0.29) is 0 Å². The minimum atomic E-state index is 0.619. The molecule has 0 aliphatic heterocycles. The van der Waals surface area contributed by atoms with E-state index in [2.05, 4.69) is 25.9 Å². The van der Waals surface area contributed by atoms with Crippen molar-refractivity contribution in [1.29, 1.82) is 0 Å². The molecule has 3 nitrogen and oxygen atoms in total. The molecule has 1 aromatic rings. The molecule has 0 amide bonds. The average Bonchev–Trinajstić information content (AvgIpc) is 2.14. The zero-order valence-electron chi connectivity index (χ0n) is 8.26. The van der Waals surface area contributed by atoms with Gasteiger partial charge in [0, 0.05) is 25.8 Å². The van der Waals surface area contributed by atoms with Gasteiger partial charge in [-0.25, -0.2) is 4.98 Å². The Morgan fingerprint density at radius 3 is 2.86 bits per heavy atom. The topological polar surface area (TPSA) is 37.9 Å². The lowest BCUT2D eigenvalue weighted by molar-refractivity contribution is 0.194. The molecular weight excluding hydrogens is 264 g/mol. The Bertz CT molecular complexity index is 364. The predicted molar refractivity (Wildman–Crippen MR) is 62.1 cm³/mol. The van der Waals surface area contributed by atoms with Gasteiger partial charge >= 0.3 is 0 Å². The van der Waals surface area contributed by atoms with Crippen LogP contribution in [0.2, 0.25) is 0 Å². The van der Waals surface area contributed by atoms with Crippen LogP contribution in [0.25, 0.3) is 0 Å². The molecule has 0 bridgehead atoms. The van der Waals surface area contributed by atoms with Gasteiger partial charge in [-0.05, 0) is 29.3 Å². The van der Waals surface area contributed by atoms with Crippen LogP contribution in [-0.2, 0) is 11.2 Å². The van der Waals surface area contributed by atoms with Crippen molar-refractivity contribution in [2.24, 2.45) is 0 Å². The van der Waals surface area contributed by atoms with Crippen LogP contribution >= 0.6 is 28.1 Å². The largest absolute Gasteiger partial charge is 0.385 e. The number of hydrogen-bond donors (Lipinski definition) is 1. The molecule has 0 saturated carbocycles. The highest BCUT2D eigenvalue weighted by molar-refractivity contribution is 9.10.